The van der Waals surface area contributed by atoms with Crippen molar-refractivity contribution in [2.75, 3.05) is 13.7 Å². The standard InChI is InChI=1S/C14H19N3O/c1-4-15-10-12-9-11(5-6-14(12)18-3)13-7-8-16-17(13)2/h5-9,15H,4,10H2,1-3H3. The number of benzene rings is 1. The van der Waals surface area contributed by atoms with Crippen LogP contribution in [0.5, 0.6) is 5.75 Å². The van der Waals surface area contributed by atoms with Crippen molar-refractivity contribution >= 4 is 0 Å². The average molecular weight is 245 g/mol. The maximum Gasteiger partial charge on any atom is 0.123 e. The van der Waals surface area contributed by atoms with E-state index < -0.39 is 0 Å². The molecule has 1 aromatic carbocycles. The van der Waals surface area contributed by atoms with Crippen molar-refractivity contribution in [2.24, 2.45) is 7.05 Å². The molecular formula is C14H19N3O. The monoisotopic (exact) mass is 245 g/mol. The second kappa shape index (κ2) is 5.69. The van der Waals surface area contributed by atoms with Gasteiger partial charge in [-0.05, 0) is 30.8 Å². The Hall–Kier alpha value is -1.81. The molecule has 4 nitrogen and oxygen atoms in total. The summed E-state index contributed by atoms with van der Waals surface area (Å²) in [4.78, 5) is 0. The van der Waals surface area contributed by atoms with Gasteiger partial charge in [-0.25, -0.2) is 0 Å². The van der Waals surface area contributed by atoms with Crippen molar-refractivity contribution in [1.29, 1.82) is 0 Å². The molecule has 0 atom stereocenters. The molecule has 2 aromatic rings. The van der Waals surface area contributed by atoms with Crippen LogP contribution in [0.2, 0.25) is 0 Å². The van der Waals surface area contributed by atoms with Gasteiger partial charge in [0.2, 0.25) is 0 Å². The molecule has 1 heterocycles. The van der Waals surface area contributed by atoms with Crippen molar-refractivity contribution in [1.82, 2.24) is 15.1 Å². The van der Waals surface area contributed by atoms with Gasteiger partial charge >= 0.3 is 0 Å². The van der Waals surface area contributed by atoms with Gasteiger partial charge in [-0.1, -0.05) is 6.92 Å². The van der Waals surface area contributed by atoms with E-state index in [0.717, 1.165) is 35.7 Å². The Labute approximate surface area is 108 Å². The van der Waals surface area contributed by atoms with Gasteiger partial charge in [0.25, 0.3) is 0 Å². The summed E-state index contributed by atoms with van der Waals surface area (Å²) < 4.78 is 7.26. The molecule has 4 heteroatoms. The van der Waals surface area contributed by atoms with Gasteiger partial charge in [0.15, 0.2) is 0 Å². The van der Waals surface area contributed by atoms with E-state index in [1.54, 1.807) is 7.11 Å². The maximum atomic E-state index is 5.38. The predicted molar refractivity (Wildman–Crippen MR) is 72.6 cm³/mol. The van der Waals surface area contributed by atoms with E-state index in [-0.39, 0.29) is 0 Å². The van der Waals surface area contributed by atoms with E-state index in [4.69, 9.17) is 4.74 Å². The highest BCUT2D eigenvalue weighted by atomic mass is 16.5. The maximum absolute atomic E-state index is 5.38. The number of hydrogen-bond donors (Lipinski definition) is 1. The highest BCUT2D eigenvalue weighted by Gasteiger charge is 2.07. The fourth-order valence-electron chi connectivity index (χ4n) is 1.99. The lowest BCUT2D eigenvalue weighted by atomic mass is 10.1. The van der Waals surface area contributed by atoms with E-state index in [1.807, 2.05) is 30.1 Å². The summed E-state index contributed by atoms with van der Waals surface area (Å²) >= 11 is 0. The lowest BCUT2D eigenvalue weighted by molar-refractivity contribution is 0.408. The van der Waals surface area contributed by atoms with Crippen LogP contribution in [0.1, 0.15) is 12.5 Å². The molecule has 0 saturated heterocycles. The van der Waals surface area contributed by atoms with Crippen molar-refractivity contribution in [2.45, 2.75) is 13.5 Å². The summed E-state index contributed by atoms with van der Waals surface area (Å²) in [6.45, 7) is 3.85. The Bertz CT molecular complexity index is 520. The molecule has 1 N–H and O–H groups in total. The summed E-state index contributed by atoms with van der Waals surface area (Å²) in [6.07, 6.45) is 1.81. The minimum absolute atomic E-state index is 0.811. The molecule has 18 heavy (non-hydrogen) atoms. The highest BCUT2D eigenvalue weighted by molar-refractivity contribution is 5.62. The number of methoxy groups -OCH3 is 1. The molecular weight excluding hydrogens is 226 g/mol. The van der Waals surface area contributed by atoms with Gasteiger partial charge in [0, 0.05) is 30.9 Å². The summed E-state index contributed by atoms with van der Waals surface area (Å²) in [6, 6.07) is 8.23. The molecule has 0 spiro atoms. The number of nitrogens with one attached hydrogen (secondary N) is 1. The molecule has 0 aliphatic rings. The minimum atomic E-state index is 0.811. The summed E-state index contributed by atoms with van der Waals surface area (Å²) in [5.74, 6) is 0.918. The highest BCUT2D eigenvalue weighted by Crippen LogP contribution is 2.26. The molecule has 0 saturated carbocycles. The van der Waals surface area contributed by atoms with E-state index in [0.29, 0.717) is 0 Å². The molecule has 0 aliphatic carbocycles. The predicted octanol–water partition coefficient (Wildman–Crippen LogP) is 2.21. The van der Waals surface area contributed by atoms with Gasteiger partial charge in [0.1, 0.15) is 5.75 Å². The summed E-state index contributed by atoms with van der Waals surface area (Å²) in [5, 5.41) is 7.52. The van der Waals surface area contributed by atoms with E-state index in [1.165, 1.54) is 0 Å². The van der Waals surface area contributed by atoms with Crippen LogP contribution >= 0.6 is 0 Å². The van der Waals surface area contributed by atoms with Gasteiger partial charge in [0.05, 0.1) is 12.8 Å². The van der Waals surface area contributed by atoms with Crippen LogP contribution in [0.25, 0.3) is 11.3 Å². The largest absolute Gasteiger partial charge is 0.496 e. The SMILES string of the molecule is CCNCc1cc(-c2ccnn2C)ccc1OC. The van der Waals surface area contributed by atoms with Crippen LogP contribution in [0, 0.1) is 0 Å². The molecule has 1 aromatic heterocycles. The first-order valence-electron chi connectivity index (χ1n) is 6.12. The van der Waals surface area contributed by atoms with Crippen LogP contribution in [-0.2, 0) is 13.6 Å². The number of hydrogen-bond acceptors (Lipinski definition) is 3. The van der Waals surface area contributed by atoms with Crippen LogP contribution in [0.15, 0.2) is 30.5 Å². The van der Waals surface area contributed by atoms with Gasteiger partial charge < -0.3 is 10.1 Å². The van der Waals surface area contributed by atoms with Gasteiger partial charge in [-0.3, -0.25) is 4.68 Å². The number of rotatable bonds is 5. The Balaban J connectivity index is 2.36. The minimum Gasteiger partial charge on any atom is -0.496 e. The van der Waals surface area contributed by atoms with Crippen molar-refractivity contribution in [3.8, 4) is 17.0 Å². The van der Waals surface area contributed by atoms with Crippen LogP contribution < -0.4 is 10.1 Å². The van der Waals surface area contributed by atoms with E-state index in [9.17, 15) is 0 Å². The van der Waals surface area contributed by atoms with E-state index in [2.05, 4.69) is 29.5 Å². The molecule has 0 aliphatic heterocycles. The fourth-order valence-corrected chi connectivity index (χ4v) is 1.99. The quantitative estimate of drug-likeness (QED) is 0.877. The zero-order valence-electron chi connectivity index (χ0n) is 11.1. The summed E-state index contributed by atoms with van der Waals surface area (Å²) in [7, 11) is 3.65. The normalized spacial score (nSPS) is 10.6. The van der Waals surface area contributed by atoms with Gasteiger partial charge in [-0.15, -0.1) is 0 Å². The first-order chi connectivity index (χ1) is 8.76. The van der Waals surface area contributed by atoms with E-state index >= 15 is 0 Å². The molecule has 0 bridgehead atoms. The molecule has 2 rings (SSSR count). The van der Waals surface area contributed by atoms with Gasteiger partial charge in [-0.2, -0.15) is 5.10 Å². The number of nitrogens with zero attached hydrogens (tertiary/aromatic N) is 2. The lowest BCUT2D eigenvalue weighted by Gasteiger charge is -2.11. The molecule has 0 amide bonds. The zero-order valence-corrected chi connectivity index (χ0v) is 11.1. The van der Waals surface area contributed by atoms with Crippen molar-refractivity contribution < 1.29 is 4.74 Å². The second-order valence-corrected chi connectivity index (χ2v) is 4.15. The fraction of sp³-hybridized carbons (Fsp3) is 0.357. The molecule has 96 valence electrons. The van der Waals surface area contributed by atoms with Crippen molar-refractivity contribution in [3.63, 3.8) is 0 Å². The first-order valence-corrected chi connectivity index (χ1v) is 6.12. The molecule has 0 fully saturated rings. The Kier molecular flexibility index (Phi) is 3.99. The van der Waals surface area contributed by atoms with Crippen LogP contribution in [-0.4, -0.2) is 23.4 Å². The topological polar surface area (TPSA) is 39.1 Å². The zero-order chi connectivity index (χ0) is 13.0. The lowest BCUT2D eigenvalue weighted by Crippen LogP contribution is -2.12. The smallest absolute Gasteiger partial charge is 0.123 e. The Morgan fingerprint density at radius 1 is 1.33 bits per heavy atom. The Morgan fingerprint density at radius 2 is 2.17 bits per heavy atom. The first kappa shape index (κ1) is 12.6. The van der Waals surface area contributed by atoms with Crippen molar-refractivity contribution in [3.05, 3.63) is 36.0 Å². The third-order valence-electron chi connectivity index (χ3n) is 2.96. The molecule has 0 unspecified atom stereocenters. The average Bonchev–Trinajstić information content (AvgIpc) is 2.82. The third kappa shape index (κ3) is 2.54. The number of ether oxygens (including phenoxy) is 1. The number of aromatic nitrogens is 2. The Morgan fingerprint density at radius 3 is 2.78 bits per heavy atom. The second-order valence-electron chi connectivity index (χ2n) is 4.15. The third-order valence-corrected chi connectivity index (χ3v) is 2.96. The number of aryl methyl sites for hydroxylation is 1. The van der Waals surface area contributed by atoms with Crippen LogP contribution in [0.3, 0.4) is 0 Å². The van der Waals surface area contributed by atoms with Crippen LogP contribution in [0.4, 0.5) is 0 Å². The summed E-state index contributed by atoms with van der Waals surface area (Å²) in [5.41, 5.74) is 3.43. The molecule has 0 radical (unpaired) electrons.